The molecule has 0 unspecified atom stereocenters. The first kappa shape index (κ1) is 55.0. The number of carbonyl (C=O) groups excluding carboxylic acids is 2. The van der Waals surface area contributed by atoms with Gasteiger partial charge in [0.25, 0.3) is 0 Å². The lowest BCUT2D eigenvalue weighted by Gasteiger charge is -2.71. The van der Waals surface area contributed by atoms with Crippen molar-refractivity contribution in [3.63, 3.8) is 0 Å². The van der Waals surface area contributed by atoms with Crippen LogP contribution in [0.1, 0.15) is 114 Å². The fourth-order valence-corrected chi connectivity index (χ4v) is 15.2. The van der Waals surface area contributed by atoms with Crippen LogP contribution < -0.4 is 0 Å². The molecule has 0 bridgehead atoms. The van der Waals surface area contributed by atoms with Crippen LogP contribution in [-0.2, 0) is 57.1 Å². The number of hydrogen-bond donors (Lipinski definition) is 10. The minimum Gasteiger partial charge on any atom is -0.481 e. The third kappa shape index (κ3) is 8.46. The summed E-state index contributed by atoms with van der Waals surface area (Å²) in [6.45, 7) is 16.8. The Balaban J connectivity index is 1.09. The van der Waals surface area contributed by atoms with Gasteiger partial charge in [-0.25, -0.2) is 9.59 Å². The molecule has 0 aromatic heterocycles. The van der Waals surface area contributed by atoms with E-state index in [-0.39, 0.29) is 36.9 Å². The van der Waals surface area contributed by atoms with Gasteiger partial charge in [-0.1, -0.05) is 47.1 Å². The second-order valence-corrected chi connectivity index (χ2v) is 24.1. The van der Waals surface area contributed by atoms with Crippen molar-refractivity contribution in [2.24, 2.45) is 50.2 Å². The highest BCUT2D eigenvalue weighted by Crippen LogP contribution is 2.75. The van der Waals surface area contributed by atoms with Crippen LogP contribution in [0.2, 0.25) is 0 Å². The minimum atomic E-state index is -2.18. The van der Waals surface area contributed by atoms with E-state index < -0.39 is 167 Å². The molecule has 3 heterocycles. The molecule has 3 saturated heterocycles. The molecular formula is C50H74O22. The summed E-state index contributed by atoms with van der Waals surface area (Å²) in [5.41, 5.74) is -3.56. The molecule has 406 valence electrons. The Morgan fingerprint density at radius 1 is 0.611 bits per heavy atom. The second kappa shape index (κ2) is 18.8. The first-order valence-electron chi connectivity index (χ1n) is 25.1. The van der Waals surface area contributed by atoms with E-state index in [1.165, 1.54) is 13.8 Å². The maximum absolute atomic E-state index is 15.2. The largest absolute Gasteiger partial charge is 0.481 e. The van der Waals surface area contributed by atoms with Gasteiger partial charge in [-0.2, -0.15) is 0 Å². The lowest BCUT2D eigenvalue weighted by molar-refractivity contribution is -0.392. The smallest absolute Gasteiger partial charge is 0.335 e. The average Bonchev–Trinajstić information content (AvgIpc) is 3.28. The summed E-state index contributed by atoms with van der Waals surface area (Å²) in [4.78, 5) is 65.3. The van der Waals surface area contributed by atoms with Crippen LogP contribution in [-0.4, -0.2) is 185 Å². The first-order valence-corrected chi connectivity index (χ1v) is 25.1. The number of aliphatic hydroxyl groups excluding tert-OH is 7. The summed E-state index contributed by atoms with van der Waals surface area (Å²) >= 11 is 0. The second-order valence-electron chi connectivity index (χ2n) is 24.1. The molecule has 0 radical (unpaired) electrons. The number of aliphatic carboxylic acids is 3. The number of allylic oxidation sites excluding steroid dienone is 2. The number of carboxylic acid groups (broad SMARTS) is 3. The van der Waals surface area contributed by atoms with E-state index in [9.17, 15) is 70.2 Å². The molecule has 0 spiro atoms. The SMILES string of the molecule is CC(=O)O[C@@H]1C[C@](C)(C(=O)O)C[C@H]2C3=CC(=O)[C@@H]4[C@@]5(C)CC[C@H](O[C@@H]6O[C@H](C(=O)O)[C@@H](O)[C@H](O)[C@H]6O[C@@H]6O[C@H](C(=O)O)[C@@H](O)[C@H](O)[C@H]6O[C@@H]6O[C@@H](C)[C@H](O)[C@@H](O)[C@H]6O)C(C)(C)[C@@H]5CC[C@@]4(C)[C@]3(C)CC[C@@]12C. The summed E-state index contributed by atoms with van der Waals surface area (Å²) in [5, 5.41) is 107. The number of carbonyl (C=O) groups is 5. The van der Waals surface area contributed by atoms with Crippen LogP contribution in [0.5, 0.6) is 0 Å². The Kier molecular flexibility index (Phi) is 14.4. The van der Waals surface area contributed by atoms with Gasteiger partial charge in [-0.05, 0) is 98.4 Å². The summed E-state index contributed by atoms with van der Waals surface area (Å²) in [6.07, 6.45) is -25.2. The molecule has 25 atom stereocenters. The number of carboxylic acids is 3. The highest BCUT2D eigenvalue weighted by molar-refractivity contribution is 5.95. The van der Waals surface area contributed by atoms with Crippen LogP contribution >= 0.6 is 0 Å². The Bertz CT molecular complexity index is 2190. The molecule has 22 nitrogen and oxygen atoms in total. The van der Waals surface area contributed by atoms with Crippen LogP contribution in [0.15, 0.2) is 11.6 Å². The van der Waals surface area contributed by atoms with Gasteiger partial charge in [0, 0.05) is 24.7 Å². The van der Waals surface area contributed by atoms with E-state index in [1.54, 1.807) is 13.0 Å². The van der Waals surface area contributed by atoms with Gasteiger partial charge in [0.15, 0.2) is 36.9 Å². The van der Waals surface area contributed by atoms with Crippen molar-refractivity contribution in [1.29, 1.82) is 0 Å². The van der Waals surface area contributed by atoms with E-state index in [1.807, 2.05) is 20.8 Å². The van der Waals surface area contributed by atoms with E-state index >= 15 is 4.79 Å². The normalized spacial score (nSPS) is 52.1. The molecule has 0 amide bonds. The highest BCUT2D eigenvalue weighted by Gasteiger charge is 2.72. The molecule has 0 aromatic rings. The van der Waals surface area contributed by atoms with Gasteiger partial charge in [-0.15, -0.1) is 0 Å². The van der Waals surface area contributed by atoms with E-state index in [2.05, 4.69) is 20.8 Å². The number of ketones is 1. The maximum Gasteiger partial charge on any atom is 0.335 e. The van der Waals surface area contributed by atoms with Crippen molar-refractivity contribution in [2.45, 2.75) is 218 Å². The standard InChI is InChI=1S/C50H74O22/c1-19-27(53)28(54)33(59)41(66-19)71-37-32(58)30(56)35(40(62)63)70-43(37)72-36-31(57)29(55)34(39(60)61)69-42(36)68-25-11-12-48(7)24(45(25,3)4)10-13-50(9)38(48)23(52)16-21-22-17-46(5,44(64)65)18-26(67-20(2)51)47(22,6)14-15-49(21,50)8/h16,19,22,24-38,41-43,53-59H,10-15,17-18H2,1-9H3,(H,60,61)(H,62,63)(H,64,65)/t19-,22-,24-,25-,26+,27-,28+,29-,30-,31-,32-,33+,34-,35-,36+,37+,38+,41-,42+,43-,46+,47+,48-,49+,50+/m0/s1. The zero-order chi connectivity index (χ0) is 53.3. The Hall–Kier alpha value is -3.23. The van der Waals surface area contributed by atoms with Crippen molar-refractivity contribution in [3.05, 3.63) is 11.6 Å². The molecule has 4 saturated carbocycles. The van der Waals surface area contributed by atoms with E-state index in [0.29, 0.717) is 32.1 Å². The molecule has 3 aliphatic heterocycles. The Morgan fingerprint density at radius 2 is 1.17 bits per heavy atom. The number of hydrogen-bond acceptors (Lipinski definition) is 19. The first-order chi connectivity index (χ1) is 33.3. The van der Waals surface area contributed by atoms with Gasteiger partial charge >= 0.3 is 23.9 Å². The zero-order valence-corrected chi connectivity index (χ0v) is 42.2. The van der Waals surface area contributed by atoms with Gasteiger partial charge in [0.2, 0.25) is 0 Å². The molecule has 7 fully saturated rings. The van der Waals surface area contributed by atoms with Crippen molar-refractivity contribution in [3.8, 4) is 0 Å². The third-order valence-corrected chi connectivity index (χ3v) is 19.7. The van der Waals surface area contributed by atoms with Crippen LogP contribution in [0.3, 0.4) is 0 Å². The lowest BCUT2D eigenvalue weighted by atomic mass is 9.33. The van der Waals surface area contributed by atoms with Crippen LogP contribution in [0.25, 0.3) is 0 Å². The molecule has 8 rings (SSSR count). The van der Waals surface area contributed by atoms with Crippen molar-refractivity contribution < 1.29 is 108 Å². The molecule has 0 aromatic carbocycles. The Morgan fingerprint density at radius 3 is 1.71 bits per heavy atom. The van der Waals surface area contributed by atoms with E-state index in [0.717, 1.165) is 5.57 Å². The predicted octanol–water partition coefficient (Wildman–Crippen LogP) is 0.639. The fourth-order valence-electron chi connectivity index (χ4n) is 15.2. The van der Waals surface area contributed by atoms with Gasteiger partial charge in [0.1, 0.15) is 61.0 Å². The lowest BCUT2D eigenvalue weighted by Crippen LogP contribution is -2.69. The molecule has 5 aliphatic carbocycles. The molecule has 72 heavy (non-hydrogen) atoms. The maximum atomic E-state index is 15.2. The summed E-state index contributed by atoms with van der Waals surface area (Å²) in [7, 11) is 0. The minimum absolute atomic E-state index is 0.0729. The van der Waals surface area contributed by atoms with Crippen LogP contribution in [0.4, 0.5) is 0 Å². The monoisotopic (exact) mass is 1030 g/mol. The topological polar surface area (TPSA) is 352 Å². The molecule has 10 N–H and O–H groups in total. The van der Waals surface area contributed by atoms with Crippen LogP contribution in [0, 0.1) is 50.2 Å². The zero-order valence-electron chi connectivity index (χ0n) is 42.2. The fraction of sp³-hybridized carbons (Fsp3) is 0.860. The van der Waals surface area contributed by atoms with Gasteiger partial charge in [0.05, 0.1) is 17.6 Å². The highest BCUT2D eigenvalue weighted by atomic mass is 16.8. The molecular weight excluding hydrogens is 953 g/mol. The number of esters is 1. The van der Waals surface area contributed by atoms with Crippen molar-refractivity contribution in [2.75, 3.05) is 0 Å². The van der Waals surface area contributed by atoms with E-state index in [4.69, 9.17) is 33.2 Å². The van der Waals surface area contributed by atoms with Gasteiger partial charge in [-0.3, -0.25) is 14.4 Å². The third-order valence-electron chi connectivity index (χ3n) is 19.7. The van der Waals surface area contributed by atoms with Gasteiger partial charge < -0.3 is 84.2 Å². The number of aliphatic hydroxyl groups is 7. The number of rotatable bonds is 10. The predicted molar refractivity (Wildman–Crippen MR) is 242 cm³/mol. The Labute approximate surface area is 416 Å². The summed E-state index contributed by atoms with van der Waals surface area (Å²) in [6, 6.07) is 0. The summed E-state index contributed by atoms with van der Waals surface area (Å²) in [5.74, 6) is -6.08. The number of ether oxygens (including phenoxy) is 7. The quantitative estimate of drug-likeness (QED) is 0.106. The van der Waals surface area contributed by atoms with Crippen molar-refractivity contribution in [1.82, 2.24) is 0 Å². The average molecular weight is 1030 g/mol. The molecule has 22 heteroatoms. The summed E-state index contributed by atoms with van der Waals surface area (Å²) < 4.78 is 41.5. The van der Waals surface area contributed by atoms with Crippen molar-refractivity contribution >= 4 is 29.7 Å². The number of fused-ring (bicyclic) bond motifs is 7. The molecule has 8 aliphatic rings.